The zero-order valence-corrected chi connectivity index (χ0v) is 14.5. The fraction of sp³-hybridized carbons (Fsp3) is 0.278. The molecule has 0 bridgehead atoms. The average Bonchev–Trinajstić information content (AvgIpc) is 2.63. The normalized spacial score (nSPS) is 11.5. The molecule has 0 aliphatic rings. The number of anilines is 1. The number of hydrogen-bond acceptors (Lipinski definition) is 6. The van der Waals surface area contributed by atoms with Crippen LogP contribution in [0.4, 0.5) is 11.4 Å². The van der Waals surface area contributed by atoms with Crippen LogP contribution in [0.1, 0.15) is 6.92 Å². The molecule has 2 rings (SSSR count). The van der Waals surface area contributed by atoms with Gasteiger partial charge in [0.15, 0.2) is 11.9 Å². The Labute approximate surface area is 150 Å². The lowest BCUT2D eigenvalue weighted by Crippen LogP contribution is -2.30. The van der Waals surface area contributed by atoms with Gasteiger partial charge in [0.05, 0.1) is 11.5 Å². The van der Waals surface area contributed by atoms with Crippen molar-refractivity contribution in [2.24, 2.45) is 0 Å². The van der Waals surface area contributed by atoms with Gasteiger partial charge in [0.25, 0.3) is 5.91 Å². The summed E-state index contributed by atoms with van der Waals surface area (Å²) in [4.78, 5) is 22.7. The second-order valence-corrected chi connectivity index (χ2v) is 5.34. The minimum absolute atomic E-state index is 0.0436. The van der Waals surface area contributed by atoms with E-state index in [1.807, 2.05) is 0 Å². The Morgan fingerprint density at radius 2 is 1.85 bits per heavy atom. The van der Waals surface area contributed by atoms with Gasteiger partial charge in [0.1, 0.15) is 12.4 Å². The molecule has 2 aromatic rings. The van der Waals surface area contributed by atoms with Gasteiger partial charge in [-0.15, -0.1) is 0 Å². The number of hydrogen-bond donors (Lipinski definition) is 1. The minimum Gasteiger partial charge on any atom is -0.491 e. The van der Waals surface area contributed by atoms with Crippen LogP contribution in [0.3, 0.4) is 0 Å². The smallest absolute Gasteiger partial charge is 0.310 e. The summed E-state index contributed by atoms with van der Waals surface area (Å²) in [5.41, 5.74) is 0.372. The molecule has 0 fully saturated rings. The predicted octanol–water partition coefficient (Wildman–Crippen LogP) is 3.03. The van der Waals surface area contributed by atoms with Crippen molar-refractivity contribution in [3.63, 3.8) is 0 Å². The summed E-state index contributed by atoms with van der Waals surface area (Å²) in [5, 5.41) is 13.7. The van der Waals surface area contributed by atoms with Crippen LogP contribution in [-0.2, 0) is 9.53 Å². The number of ether oxygens (including phenoxy) is 3. The number of carbonyl (C=O) groups is 1. The van der Waals surface area contributed by atoms with E-state index in [0.717, 1.165) is 0 Å². The van der Waals surface area contributed by atoms with Gasteiger partial charge in [0.2, 0.25) is 0 Å². The van der Waals surface area contributed by atoms with Crippen molar-refractivity contribution in [3.05, 3.63) is 58.6 Å². The van der Waals surface area contributed by atoms with Crippen molar-refractivity contribution in [1.82, 2.24) is 0 Å². The highest BCUT2D eigenvalue weighted by Crippen LogP contribution is 2.27. The van der Waals surface area contributed by atoms with Gasteiger partial charge in [-0.3, -0.25) is 14.9 Å². The molecule has 8 heteroatoms. The molecule has 0 aromatic heterocycles. The molecular formula is C18H20N2O6. The third kappa shape index (κ3) is 5.45. The molecule has 138 valence electrons. The van der Waals surface area contributed by atoms with Crippen LogP contribution in [0.15, 0.2) is 48.5 Å². The zero-order valence-electron chi connectivity index (χ0n) is 14.5. The molecule has 1 atom stereocenters. The lowest BCUT2D eigenvalue weighted by atomic mass is 10.2. The van der Waals surface area contributed by atoms with Crippen LogP contribution >= 0.6 is 0 Å². The van der Waals surface area contributed by atoms with Crippen LogP contribution in [0.25, 0.3) is 0 Å². The van der Waals surface area contributed by atoms with Gasteiger partial charge in [-0.05, 0) is 37.3 Å². The van der Waals surface area contributed by atoms with E-state index >= 15 is 0 Å². The van der Waals surface area contributed by atoms with Gasteiger partial charge in [0, 0.05) is 18.9 Å². The van der Waals surface area contributed by atoms with E-state index in [-0.39, 0.29) is 11.4 Å². The molecule has 0 heterocycles. The van der Waals surface area contributed by atoms with Crippen LogP contribution in [0.5, 0.6) is 11.5 Å². The second kappa shape index (κ2) is 9.38. The van der Waals surface area contributed by atoms with Crippen molar-refractivity contribution < 1.29 is 23.9 Å². The Morgan fingerprint density at radius 1 is 1.15 bits per heavy atom. The highest BCUT2D eigenvalue weighted by molar-refractivity contribution is 5.94. The van der Waals surface area contributed by atoms with Gasteiger partial charge in [-0.25, -0.2) is 0 Å². The summed E-state index contributed by atoms with van der Waals surface area (Å²) in [6.07, 6.45) is -0.909. The summed E-state index contributed by atoms with van der Waals surface area (Å²) in [6, 6.07) is 12.7. The quantitative estimate of drug-likeness (QED) is 0.419. The highest BCUT2D eigenvalue weighted by Gasteiger charge is 2.20. The maximum atomic E-state index is 12.2. The van der Waals surface area contributed by atoms with Crippen LogP contribution in [0, 0.1) is 10.1 Å². The Morgan fingerprint density at radius 3 is 2.50 bits per heavy atom. The number of rotatable bonds is 9. The van der Waals surface area contributed by atoms with Crippen molar-refractivity contribution in [1.29, 1.82) is 0 Å². The number of nitro benzene ring substituents is 1. The summed E-state index contributed by atoms with van der Waals surface area (Å²) in [6.45, 7) is 2.44. The topological polar surface area (TPSA) is 99.9 Å². The van der Waals surface area contributed by atoms with Crippen molar-refractivity contribution >= 4 is 17.3 Å². The van der Waals surface area contributed by atoms with E-state index in [4.69, 9.17) is 14.2 Å². The molecule has 0 aliphatic carbocycles. The number of benzene rings is 2. The first kappa shape index (κ1) is 19.2. The Balaban J connectivity index is 1.94. The van der Waals surface area contributed by atoms with Gasteiger partial charge in [-0.1, -0.05) is 12.1 Å². The Hall–Kier alpha value is -3.13. The standard InChI is InChI=1S/C18H20N2O6/c1-13(26-17-6-4-3-5-16(17)20(22)23)18(21)19-14-7-9-15(10-8-14)25-12-11-24-2/h3-10,13H,11-12H2,1-2H3,(H,19,21). The van der Waals surface area contributed by atoms with Gasteiger partial charge >= 0.3 is 5.69 Å². The maximum Gasteiger partial charge on any atom is 0.310 e. The number of nitrogens with zero attached hydrogens (tertiary/aromatic N) is 1. The molecule has 1 amide bonds. The molecular weight excluding hydrogens is 340 g/mol. The summed E-state index contributed by atoms with van der Waals surface area (Å²) < 4.78 is 15.8. The lowest BCUT2D eigenvalue weighted by molar-refractivity contribution is -0.386. The monoisotopic (exact) mass is 360 g/mol. The summed E-state index contributed by atoms with van der Waals surface area (Å²) >= 11 is 0. The van der Waals surface area contributed by atoms with Gasteiger partial charge < -0.3 is 19.5 Å². The molecule has 8 nitrogen and oxygen atoms in total. The fourth-order valence-electron chi connectivity index (χ4n) is 2.07. The van der Waals surface area contributed by atoms with E-state index in [1.54, 1.807) is 37.4 Å². The number of carbonyl (C=O) groups excluding carboxylic acids is 1. The molecule has 0 saturated carbocycles. The molecule has 1 unspecified atom stereocenters. The second-order valence-electron chi connectivity index (χ2n) is 5.34. The van der Waals surface area contributed by atoms with Crippen molar-refractivity contribution in [2.75, 3.05) is 25.6 Å². The third-order valence-corrected chi connectivity index (χ3v) is 3.41. The highest BCUT2D eigenvalue weighted by atomic mass is 16.6. The summed E-state index contributed by atoms with van der Waals surface area (Å²) in [5.74, 6) is 0.280. The van der Waals surface area contributed by atoms with E-state index in [1.165, 1.54) is 25.1 Å². The average molecular weight is 360 g/mol. The summed E-state index contributed by atoms with van der Waals surface area (Å²) in [7, 11) is 1.59. The first-order valence-corrected chi connectivity index (χ1v) is 7.94. The molecule has 0 aliphatic heterocycles. The number of nitro groups is 1. The van der Waals surface area contributed by atoms with Crippen LogP contribution in [-0.4, -0.2) is 37.3 Å². The van der Waals surface area contributed by atoms with Crippen molar-refractivity contribution in [3.8, 4) is 11.5 Å². The molecule has 0 spiro atoms. The van der Waals surface area contributed by atoms with E-state index in [0.29, 0.717) is 24.7 Å². The predicted molar refractivity (Wildman–Crippen MR) is 95.6 cm³/mol. The molecule has 2 aromatic carbocycles. The van der Waals surface area contributed by atoms with Crippen LogP contribution < -0.4 is 14.8 Å². The maximum absolute atomic E-state index is 12.2. The molecule has 0 radical (unpaired) electrons. The van der Waals surface area contributed by atoms with E-state index in [2.05, 4.69) is 5.32 Å². The first-order valence-electron chi connectivity index (χ1n) is 7.94. The Bertz CT molecular complexity index is 748. The SMILES string of the molecule is COCCOc1ccc(NC(=O)C(C)Oc2ccccc2[N+](=O)[O-])cc1. The molecule has 26 heavy (non-hydrogen) atoms. The number of methoxy groups -OCH3 is 1. The fourth-order valence-corrected chi connectivity index (χ4v) is 2.07. The largest absolute Gasteiger partial charge is 0.491 e. The van der Waals surface area contributed by atoms with E-state index in [9.17, 15) is 14.9 Å². The molecule has 1 N–H and O–H groups in total. The van der Waals surface area contributed by atoms with Crippen LogP contribution in [0.2, 0.25) is 0 Å². The zero-order chi connectivity index (χ0) is 18.9. The number of para-hydroxylation sites is 2. The van der Waals surface area contributed by atoms with Crippen molar-refractivity contribution in [2.45, 2.75) is 13.0 Å². The lowest BCUT2D eigenvalue weighted by Gasteiger charge is -2.15. The number of amides is 1. The Kier molecular flexibility index (Phi) is 6.92. The van der Waals surface area contributed by atoms with E-state index < -0.39 is 16.9 Å². The minimum atomic E-state index is -0.909. The first-order chi connectivity index (χ1) is 12.5. The number of nitrogens with one attached hydrogen (secondary N) is 1. The third-order valence-electron chi connectivity index (χ3n) is 3.41. The molecule has 0 saturated heterocycles. The van der Waals surface area contributed by atoms with Gasteiger partial charge in [-0.2, -0.15) is 0 Å².